The summed E-state index contributed by atoms with van der Waals surface area (Å²) >= 11 is 0. The van der Waals surface area contributed by atoms with Gasteiger partial charge in [-0.1, -0.05) is 18.2 Å². The molecule has 0 aliphatic carbocycles. The molecule has 0 aliphatic rings. The number of fused-ring (bicyclic) bond motifs is 1. The summed E-state index contributed by atoms with van der Waals surface area (Å²) in [5, 5.41) is 15.1. The predicted molar refractivity (Wildman–Crippen MR) is 127 cm³/mol. The van der Waals surface area contributed by atoms with Gasteiger partial charge in [-0.25, -0.2) is 0 Å². The van der Waals surface area contributed by atoms with Crippen molar-refractivity contribution >= 4 is 35.6 Å². The highest BCUT2D eigenvalue weighted by molar-refractivity contribution is 14.0. The second-order valence-electron chi connectivity index (χ2n) is 6.93. The number of aromatic nitrogens is 3. The maximum Gasteiger partial charge on any atom is 0.191 e. The molecule has 7 nitrogen and oxygen atoms in total. The van der Waals surface area contributed by atoms with Crippen LogP contribution in [0.3, 0.4) is 0 Å². The lowest BCUT2D eigenvalue weighted by Crippen LogP contribution is -2.38. The lowest BCUT2D eigenvalue weighted by molar-refractivity contribution is 0.239. The normalized spacial score (nSPS) is 11.4. The van der Waals surface area contributed by atoms with Crippen LogP contribution in [0.25, 0.3) is 5.65 Å². The summed E-state index contributed by atoms with van der Waals surface area (Å²) in [5.74, 6) is 2.57. The molecule has 1 aromatic carbocycles. The number of aryl methyl sites for hydroxylation is 1. The van der Waals surface area contributed by atoms with Crippen molar-refractivity contribution in [2.75, 3.05) is 13.6 Å². The fraction of sp³-hybridized carbons (Fsp3) is 0.381. The van der Waals surface area contributed by atoms with E-state index in [1.165, 1.54) is 5.56 Å². The minimum atomic E-state index is 0. The van der Waals surface area contributed by atoms with Gasteiger partial charge in [0.2, 0.25) is 0 Å². The van der Waals surface area contributed by atoms with Crippen LogP contribution in [0.5, 0.6) is 5.75 Å². The van der Waals surface area contributed by atoms with Crippen molar-refractivity contribution in [2.24, 2.45) is 4.99 Å². The Balaban J connectivity index is 0.00000300. The third-order valence-corrected chi connectivity index (χ3v) is 4.28. The molecular weight excluding hydrogens is 479 g/mol. The third-order valence-electron chi connectivity index (χ3n) is 4.28. The summed E-state index contributed by atoms with van der Waals surface area (Å²) < 4.78 is 7.94. The monoisotopic (exact) mass is 508 g/mol. The first-order valence-electron chi connectivity index (χ1n) is 9.56. The summed E-state index contributed by atoms with van der Waals surface area (Å²) in [6.45, 7) is 7.48. The Hall–Kier alpha value is -2.36. The number of aliphatic imine (C=N–C) groups is 1. The van der Waals surface area contributed by atoms with Gasteiger partial charge >= 0.3 is 0 Å². The highest BCUT2D eigenvalue weighted by Crippen LogP contribution is 2.21. The van der Waals surface area contributed by atoms with Crippen molar-refractivity contribution in [1.82, 2.24) is 25.2 Å². The summed E-state index contributed by atoms with van der Waals surface area (Å²) in [5.41, 5.74) is 3.14. The Morgan fingerprint density at radius 1 is 1.17 bits per heavy atom. The van der Waals surface area contributed by atoms with E-state index in [1.807, 2.05) is 42.6 Å². The fourth-order valence-electron chi connectivity index (χ4n) is 2.93. The van der Waals surface area contributed by atoms with Gasteiger partial charge in [-0.15, -0.1) is 34.2 Å². The van der Waals surface area contributed by atoms with Crippen LogP contribution in [0.1, 0.15) is 30.8 Å². The van der Waals surface area contributed by atoms with Crippen molar-refractivity contribution in [3.8, 4) is 5.75 Å². The molecule has 0 unspecified atom stereocenters. The van der Waals surface area contributed by atoms with Crippen molar-refractivity contribution in [2.45, 2.75) is 39.8 Å². The molecule has 3 aromatic rings. The van der Waals surface area contributed by atoms with Crippen LogP contribution in [0, 0.1) is 6.92 Å². The van der Waals surface area contributed by atoms with Crippen LogP contribution >= 0.6 is 24.0 Å². The van der Waals surface area contributed by atoms with Crippen molar-refractivity contribution in [3.05, 3.63) is 59.5 Å². The van der Waals surface area contributed by atoms with Crippen molar-refractivity contribution in [1.29, 1.82) is 0 Å². The molecule has 2 heterocycles. The van der Waals surface area contributed by atoms with E-state index < -0.39 is 0 Å². The lowest BCUT2D eigenvalue weighted by atomic mass is 10.1. The lowest BCUT2D eigenvalue weighted by Gasteiger charge is -2.17. The van der Waals surface area contributed by atoms with E-state index in [9.17, 15) is 0 Å². The molecule has 156 valence electrons. The maximum absolute atomic E-state index is 5.94. The Bertz CT molecular complexity index is 953. The van der Waals surface area contributed by atoms with Gasteiger partial charge in [-0.05, 0) is 44.5 Å². The van der Waals surface area contributed by atoms with E-state index in [0.717, 1.165) is 35.2 Å². The molecule has 8 heteroatoms. The summed E-state index contributed by atoms with van der Waals surface area (Å²) in [6, 6.07) is 12.1. The number of pyridine rings is 1. The third kappa shape index (κ3) is 6.31. The average molecular weight is 508 g/mol. The number of ether oxygens (including phenoxy) is 1. The minimum absolute atomic E-state index is 0. The van der Waals surface area contributed by atoms with Crippen LogP contribution in [-0.2, 0) is 13.0 Å². The number of hydrogen-bond acceptors (Lipinski definition) is 4. The Morgan fingerprint density at radius 3 is 2.76 bits per heavy atom. The number of benzene rings is 1. The average Bonchev–Trinajstić information content (AvgIpc) is 3.08. The van der Waals surface area contributed by atoms with Crippen LogP contribution in [0.15, 0.2) is 47.6 Å². The number of halogens is 1. The second kappa shape index (κ2) is 11.0. The fourth-order valence-corrected chi connectivity index (χ4v) is 2.93. The zero-order valence-electron chi connectivity index (χ0n) is 17.3. The molecule has 0 fully saturated rings. The largest absolute Gasteiger partial charge is 0.491 e. The highest BCUT2D eigenvalue weighted by atomic mass is 127. The molecular formula is C21H29IN6O. The molecule has 0 aliphatic heterocycles. The zero-order valence-corrected chi connectivity index (χ0v) is 19.7. The van der Waals surface area contributed by atoms with Crippen LogP contribution in [0.2, 0.25) is 0 Å². The summed E-state index contributed by atoms with van der Waals surface area (Å²) in [6.07, 6.45) is 2.86. The summed E-state index contributed by atoms with van der Waals surface area (Å²) in [7, 11) is 1.77. The topological polar surface area (TPSA) is 75.8 Å². The van der Waals surface area contributed by atoms with Gasteiger partial charge in [0, 0.05) is 38.3 Å². The number of hydrogen-bond donors (Lipinski definition) is 2. The van der Waals surface area contributed by atoms with Gasteiger partial charge in [0.25, 0.3) is 0 Å². The maximum atomic E-state index is 5.94. The molecule has 0 atom stereocenters. The predicted octanol–water partition coefficient (Wildman–Crippen LogP) is 3.35. The van der Waals surface area contributed by atoms with E-state index in [4.69, 9.17) is 4.74 Å². The Kier molecular flexibility index (Phi) is 8.69. The SMILES string of the molecule is CN=C(NCCc1nnc2ccccn12)NCc1ccc(C)cc1OC(C)C.I. The molecule has 29 heavy (non-hydrogen) atoms. The molecule has 0 bridgehead atoms. The van der Waals surface area contributed by atoms with E-state index in [-0.39, 0.29) is 30.1 Å². The van der Waals surface area contributed by atoms with E-state index in [0.29, 0.717) is 13.1 Å². The molecule has 0 radical (unpaired) electrons. The molecule has 0 amide bonds. The first-order valence-corrected chi connectivity index (χ1v) is 9.56. The van der Waals surface area contributed by atoms with Crippen molar-refractivity contribution in [3.63, 3.8) is 0 Å². The van der Waals surface area contributed by atoms with E-state index in [2.05, 4.69) is 50.9 Å². The van der Waals surface area contributed by atoms with Gasteiger partial charge in [0.05, 0.1) is 6.10 Å². The number of nitrogens with one attached hydrogen (secondary N) is 2. The first-order chi connectivity index (χ1) is 13.6. The van der Waals surface area contributed by atoms with Crippen LogP contribution in [-0.4, -0.2) is 40.3 Å². The van der Waals surface area contributed by atoms with Crippen LogP contribution < -0.4 is 15.4 Å². The Morgan fingerprint density at radius 2 is 2.00 bits per heavy atom. The molecule has 0 spiro atoms. The molecule has 0 saturated heterocycles. The minimum Gasteiger partial charge on any atom is -0.491 e. The molecule has 2 aromatic heterocycles. The van der Waals surface area contributed by atoms with Gasteiger partial charge < -0.3 is 15.4 Å². The number of guanidine groups is 1. The standard InChI is InChI=1S/C21H28N6O.HI/c1-15(2)28-18-13-16(3)8-9-17(18)14-24-21(22-4)23-11-10-20-26-25-19-7-5-6-12-27(19)20;/h5-9,12-13,15H,10-11,14H2,1-4H3,(H2,22,23,24);1H. The Labute approximate surface area is 189 Å². The quantitative estimate of drug-likeness (QED) is 0.291. The zero-order chi connectivity index (χ0) is 19.9. The second-order valence-corrected chi connectivity index (χ2v) is 6.93. The first kappa shape index (κ1) is 22.9. The molecule has 3 rings (SSSR count). The van der Waals surface area contributed by atoms with Crippen molar-refractivity contribution < 1.29 is 4.74 Å². The van der Waals surface area contributed by atoms with Gasteiger partial charge in [0.1, 0.15) is 11.6 Å². The summed E-state index contributed by atoms with van der Waals surface area (Å²) in [4.78, 5) is 4.30. The molecule has 0 saturated carbocycles. The smallest absolute Gasteiger partial charge is 0.191 e. The van der Waals surface area contributed by atoms with Crippen LogP contribution in [0.4, 0.5) is 0 Å². The van der Waals surface area contributed by atoms with Gasteiger partial charge in [-0.2, -0.15) is 0 Å². The number of rotatable bonds is 7. The highest BCUT2D eigenvalue weighted by Gasteiger charge is 2.08. The molecule has 2 N–H and O–H groups in total. The van der Waals surface area contributed by atoms with Gasteiger partial charge in [-0.3, -0.25) is 9.39 Å². The number of nitrogens with zero attached hydrogens (tertiary/aromatic N) is 4. The van der Waals surface area contributed by atoms with E-state index >= 15 is 0 Å². The van der Waals surface area contributed by atoms with Gasteiger partial charge in [0.15, 0.2) is 11.6 Å². The van der Waals surface area contributed by atoms with E-state index in [1.54, 1.807) is 7.05 Å².